The number of phenols is 1. The van der Waals surface area contributed by atoms with Crippen molar-refractivity contribution in [1.29, 1.82) is 0 Å². The van der Waals surface area contributed by atoms with Crippen LogP contribution in [0.5, 0.6) is 5.75 Å². The summed E-state index contributed by atoms with van der Waals surface area (Å²) < 4.78 is 1.91. The normalized spacial score (nSPS) is 11.0. The number of allylic oxidation sites excluding steroid dienone is 1. The first-order valence-electron chi connectivity index (χ1n) is 9.33. The second-order valence-electron chi connectivity index (χ2n) is 6.83. The first-order valence-corrected chi connectivity index (χ1v) is 9.33. The van der Waals surface area contributed by atoms with Crippen LogP contribution in [0.25, 0.3) is 0 Å². The Morgan fingerprint density at radius 1 is 1.24 bits per heavy atom. The molecule has 0 fully saturated rings. The van der Waals surface area contributed by atoms with Crippen LogP contribution in [0.4, 0.5) is 0 Å². The van der Waals surface area contributed by atoms with Gasteiger partial charge in [0.15, 0.2) is 0 Å². The van der Waals surface area contributed by atoms with Crippen LogP contribution in [0, 0.1) is 13.8 Å². The molecule has 0 spiro atoms. The zero-order chi connectivity index (χ0) is 20.8. The van der Waals surface area contributed by atoms with Crippen LogP contribution in [0.15, 0.2) is 66.3 Å². The fraction of sp³-hybridized carbons (Fsp3) is 0.174. The summed E-state index contributed by atoms with van der Waals surface area (Å²) in [5.74, 6) is -0.185. The number of carbonyl (C=O) groups excluding carboxylic acids is 1. The van der Waals surface area contributed by atoms with Gasteiger partial charge in [-0.05, 0) is 55.7 Å². The van der Waals surface area contributed by atoms with Gasteiger partial charge in [0.25, 0.3) is 5.91 Å². The number of hydrogen-bond donors (Lipinski definition) is 2. The summed E-state index contributed by atoms with van der Waals surface area (Å²) in [7, 11) is 0. The monoisotopic (exact) mass is 388 g/mol. The minimum absolute atomic E-state index is 0.136. The quantitative estimate of drug-likeness (QED) is 0.368. The predicted octanol–water partition coefficient (Wildman–Crippen LogP) is 3.75. The topological polar surface area (TPSA) is 79.5 Å². The Morgan fingerprint density at radius 3 is 2.76 bits per heavy atom. The second kappa shape index (κ2) is 9.01. The van der Waals surface area contributed by atoms with Gasteiger partial charge in [0.2, 0.25) is 0 Å². The summed E-state index contributed by atoms with van der Waals surface area (Å²) in [4.78, 5) is 12.4. The molecule has 2 N–H and O–H groups in total. The van der Waals surface area contributed by atoms with Gasteiger partial charge in [-0.25, -0.2) is 5.43 Å². The van der Waals surface area contributed by atoms with Gasteiger partial charge in [-0.1, -0.05) is 30.3 Å². The lowest BCUT2D eigenvalue weighted by Gasteiger charge is -2.07. The van der Waals surface area contributed by atoms with Crippen LogP contribution < -0.4 is 5.43 Å². The van der Waals surface area contributed by atoms with Gasteiger partial charge in [0.1, 0.15) is 5.75 Å². The number of nitrogens with zero attached hydrogens (tertiary/aromatic N) is 3. The molecule has 148 valence electrons. The Labute approximate surface area is 170 Å². The molecule has 0 aliphatic rings. The van der Waals surface area contributed by atoms with Crippen LogP contribution in [0.2, 0.25) is 0 Å². The van der Waals surface area contributed by atoms with Crippen molar-refractivity contribution in [2.75, 3.05) is 0 Å². The molecule has 6 heteroatoms. The van der Waals surface area contributed by atoms with Crippen molar-refractivity contribution < 1.29 is 9.90 Å². The third-order valence-corrected chi connectivity index (χ3v) is 4.51. The lowest BCUT2D eigenvalue weighted by Crippen LogP contribution is -2.18. The highest BCUT2D eigenvalue weighted by Gasteiger charge is 2.08. The summed E-state index contributed by atoms with van der Waals surface area (Å²) in [6.45, 7) is 8.23. The highest BCUT2D eigenvalue weighted by molar-refractivity contribution is 5.95. The maximum atomic E-state index is 12.4. The van der Waals surface area contributed by atoms with Crippen molar-refractivity contribution in [3.8, 4) is 5.75 Å². The fourth-order valence-electron chi connectivity index (χ4n) is 3.08. The lowest BCUT2D eigenvalue weighted by molar-refractivity contribution is 0.0955. The first-order chi connectivity index (χ1) is 14.0. The third kappa shape index (κ3) is 4.99. The number of nitrogens with one attached hydrogen (secondary N) is 1. The molecule has 2 aromatic carbocycles. The minimum Gasteiger partial charge on any atom is -0.507 e. The van der Waals surface area contributed by atoms with E-state index in [0.29, 0.717) is 24.1 Å². The van der Waals surface area contributed by atoms with E-state index in [0.717, 1.165) is 22.5 Å². The molecule has 0 saturated heterocycles. The molecule has 0 unspecified atom stereocenters. The molecule has 3 rings (SSSR count). The smallest absolute Gasteiger partial charge is 0.271 e. The van der Waals surface area contributed by atoms with E-state index in [4.69, 9.17) is 0 Å². The number of hydrogen-bond acceptors (Lipinski definition) is 4. The molecule has 1 amide bonds. The SMILES string of the molecule is C=CCc1cccc(C=NNC(=O)c2cccc(Cn3nc(C)cc3C)c2)c1O. The number of phenolic OH excluding ortho intramolecular Hbond substituents is 1. The van der Waals surface area contributed by atoms with Gasteiger partial charge in [-0.3, -0.25) is 9.48 Å². The maximum Gasteiger partial charge on any atom is 0.271 e. The zero-order valence-corrected chi connectivity index (χ0v) is 16.6. The Kier molecular flexibility index (Phi) is 6.24. The first kappa shape index (κ1) is 20.1. The van der Waals surface area contributed by atoms with Crippen molar-refractivity contribution in [1.82, 2.24) is 15.2 Å². The predicted molar refractivity (Wildman–Crippen MR) is 114 cm³/mol. The summed E-state index contributed by atoms with van der Waals surface area (Å²) >= 11 is 0. The summed E-state index contributed by atoms with van der Waals surface area (Å²) in [5, 5.41) is 18.7. The van der Waals surface area contributed by atoms with Crippen LogP contribution >= 0.6 is 0 Å². The van der Waals surface area contributed by atoms with Crippen LogP contribution in [0.1, 0.15) is 38.4 Å². The van der Waals surface area contributed by atoms with E-state index in [2.05, 4.69) is 22.2 Å². The highest BCUT2D eigenvalue weighted by Crippen LogP contribution is 2.21. The molecule has 0 aliphatic carbocycles. The average Bonchev–Trinajstić information content (AvgIpc) is 3.01. The number of amides is 1. The van der Waals surface area contributed by atoms with E-state index in [1.54, 1.807) is 18.2 Å². The van der Waals surface area contributed by atoms with E-state index in [-0.39, 0.29) is 11.7 Å². The number of para-hydroxylation sites is 1. The molecular weight excluding hydrogens is 364 g/mol. The molecule has 0 saturated carbocycles. The summed E-state index contributed by atoms with van der Waals surface area (Å²) in [6.07, 6.45) is 3.71. The van der Waals surface area contributed by atoms with E-state index < -0.39 is 0 Å². The summed E-state index contributed by atoms with van der Waals surface area (Å²) in [5.41, 5.74) is 7.31. The molecule has 0 bridgehead atoms. The molecule has 6 nitrogen and oxygen atoms in total. The molecule has 1 heterocycles. The standard InChI is InChI=1S/C23H24N4O2/c1-4-7-19-9-6-11-21(22(19)28)14-24-25-23(29)20-10-5-8-18(13-20)15-27-17(3)12-16(2)26-27/h4-6,8-14,28H,1,7,15H2,2-3H3,(H,25,29). The Hall–Kier alpha value is -3.67. The van der Waals surface area contributed by atoms with Gasteiger partial charge < -0.3 is 5.11 Å². The zero-order valence-electron chi connectivity index (χ0n) is 16.6. The number of aromatic hydroxyl groups is 1. The number of aromatic nitrogens is 2. The minimum atomic E-state index is -0.321. The van der Waals surface area contributed by atoms with Crippen molar-refractivity contribution >= 4 is 12.1 Å². The van der Waals surface area contributed by atoms with Gasteiger partial charge in [-0.2, -0.15) is 10.2 Å². The molecule has 29 heavy (non-hydrogen) atoms. The molecule has 3 aromatic rings. The summed E-state index contributed by atoms with van der Waals surface area (Å²) in [6, 6.07) is 14.7. The molecular formula is C23H24N4O2. The number of carbonyl (C=O) groups is 1. The Balaban J connectivity index is 1.68. The van der Waals surface area contributed by atoms with Crippen LogP contribution in [-0.2, 0) is 13.0 Å². The molecule has 0 radical (unpaired) electrons. The van der Waals surface area contributed by atoms with E-state index >= 15 is 0 Å². The van der Waals surface area contributed by atoms with E-state index in [9.17, 15) is 9.90 Å². The lowest BCUT2D eigenvalue weighted by atomic mass is 10.1. The average molecular weight is 388 g/mol. The number of benzene rings is 2. The Morgan fingerprint density at radius 2 is 2.03 bits per heavy atom. The van der Waals surface area contributed by atoms with Crippen molar-refractivity contribution in [2.45, 2.75) is 26.8 Å². The van der Waals surface area contributed by atoms with Crippen molar-refractivity contribution in [3.63, 3.8) is 0 Å². The van der Waals surface area contributed by atoms with Crippen LogP contribution in [-0.4, -0.2) is 27.0 Å². The maximum absolute atomic E-state index is 12.4. The van der Waals surface area contributed by atoms with E-state index in [1.165, 1.54) is 6.21 Å². The third-order valence-electron chi connectivity index (χ3n) is 4.51. The largest absolute Gasteiger partial charge is 0.507 e. The number of hydrazone groups is 1. The van der Waals surface area contributed by atoms with Gasteiger partial charge in [0.05, 0.1) is 18.5 Å². The van der Waals surface area contributed by atoms with Crippen molar-refractivity contribution in [2.24, 2.45) is 5.10 Å². The highest BCUT2D eigenvalue weighted by atomic mass is 16.3. The second-order valence-corrected chi connectivity index (χ2v) is 6.83. The molecule has 1 aromatic heterocycles. The van der Waals surface area contributed by atoms with Gasteiger partial charge in [0, 0.05) is 16.8 Å². The van der Waals surface area contributed by atoms with Gasteiger partial charge in [-0.15, -0.1) is 6.58 Å². The number of aryl methyl sites for hydroxylation is 2. The molecule has 0 aliphatic heterocycles. The molecule has 0 atom stereocenters. The Bertz CT molecular complexity index is 1070. The van der Waals surface area contributed by atoms with Gasteiger partial charge >= 0.3 is 0 Å². The fourth-order valence-corrected chi connectivity index (χ4v) is 3.08. The van der Waals surface area contributed by atoms with E-state index in [1.807, 2.05) is 54.9 Å². The van der Waals surface area contributed by atoms with Crippen LogP contribution in [0.3, 0.4) is 0 Å². The van der Waals surface area contributed by atoms with Crippen molar-refractivity contribution in [3.05, 3.63) is 94.8 Å². The number of rotatable bonds is 7.